The molecule has 6 nitrogen and oxygen atoms in total. The summed E-state index contributed by atoms with van der Waals surface area (Å²) in [4.78, 5) is 24.7. The summed E-state index contributed by atoms with van der Waals surface area (Å²) in [6, 6.07) is 8.18. The number of halogens is 4. The van der Waals surface area contributed by atoms with Crippen LogP contribution in [0.4, 0.5) is 34.8 Å². The standard InChI is InChI=1S/C24H22F4N4O2/c1-13(2)17-10-16(25)5-6-20(17)31-12-32(19-7-8-21(34-4)30-14(19)3)23(33)18-9-15(24(26,27)28)11-29-22(18)31/h5-11,13H,12H2,1-4H3. The fraction of sp³-hybridized carbons (Fsp3) is 0.292. The molecule has 0 atom stereocenters. The second kappa shape index (κ2) is 8.58. The number of aromatic nitrogens is 2. The van der Waals surface area contributed by atoms with Gasteiger partial charge in [-0.25, -0.2) is 14.4 Å². The number of hydrogen-bond donors (Lipinski definition) is 0. The first-order chi connectivity index (χ1) is 16.0. The maximum atomic E-state index is 14.0. The number of fused-ring (bicyclic) bond motifs is 1. The Bertz CT molecular complexity index is 1260. The third-order valence-corrected chi connectivity index (χ3v) is 5.64. The Morgan fingerprint density at radius 2 is 1.76 bits per heavy atom. The molecule has 34 heavy (non-hydrogen) atoms. The maximum Gasteiger partial charge on any atom is 0.417 e. The van der Waals surface area contributed by atoms with Gasteiger partial charge < -0.3 is 9.64 Å². The second-order valence-electron chi connectivity index (χ2n) is 8.21. The molecule has 10 heteroatoms. The van der Waals surface area contributed by atoms with Crippen molar-refractivity contribution in [3.05, 3.63) is 70.8 Å². The number of ether oxygens (including phenoxy) is 1. The lowest BCUT2D eigenvalue weighted by molar-refractivity contribution is -0.137. The van der Waals surface area contributed by atoms with Crippen molar-refractivity contribution < 1.29 is 27.1 Å². The number of rotatable bonds is 4. The predicted molar refractivity (Wildman–Crippen MR) is 119 cm³/mol. The number of alkyl halides is 3. The van der Waals surface area contributed by atoms with Crippen molar-refractivity contribution in [1.82, 2.24) is 9.97 Å². The molecule has 0 fully saturated rings. The molecule has 4 rings (SSSR count). The van der Waals surface area contributed by atoms with Crippen LogP contribution in [0, 0.1) is 12.7 Å². The molecule has 0 saturated heterocycles. The first kappa shape index (κ1) is 23.5. The van der Waals surface area contributed by atoms with Crippen LogP contribution in [-0.2, 0) is 6.18 Å². The minimum absolute atomic E-state index is 0.0512. The number of amides is 1. The molecule has 3 heterocycles. The maximum absolute atomic E-state index is 14.0. The quantitative estimate of drug-likeness (QED) is 0.446. The van der Waals surface area contributed by atoms with E-state index in [0.29, 0.717) is 34.7 Å². The van der Waals surface area contributed by atoms with Crippen molar-refractivity contribution in [2.24, 2.45) is 0 Å². The molecule has 178 valence electrons. The highest BCUT2D eigenvalue weighted by atomic mass is 19.4. The lowest BCUT2D eigenvalue weighted by atomic mass is 9.99. The van der Waals surface area contributed by atoms with Gasteiger partial charge in [-0.2, -0.15) is 13.2 Å². The largest absolute Gasteiger partial charge is 0.481 e. The molecule has 2 aromatic heterocycles. The molecule has 1 aliphatic heterocycles. The molecule has 0 spiro atoms. The number of methoxy groups -OCH3 is 1. The van der Waals surface area contributed by atoms with E-state index in [0.717, 1.165) is 6.07 Å². The Balaban J connectivity index is 1.93. The number of carbonyl (C=O) groups is 1. The molecule has 1 aromatic carbocycles. The lowest BCUT2D eigenvalue weighted by Crippen LogP contribution is -2.46. The summed E-state index contributed by atoms with van der Waals surface area (Å²) >= 11 is 0. The van der Waals surface area contributed by atoms with Crippen molar-refractivity contribution in [2.45, 2.75) is 32.9 Å². The monoisotopic (exact) mass is 474 g/mol. The van der Waals surface area contributed by atoms with Crippen LogP contribution in [0.2, 0.25) is 0 Å². The van der Waals surface area contributed by atoms with E-state index in [1.807, 2.05) is 13.8 Å². The normalized spacial score (nSPS) is 14.0. The summed E-state index contributed by atoms with van der Waals surface area (Å²) in [6.45, 7) is 5.38. The average molecular weight is 474 g/mol. The van der Waals surface area contributed by atoms with Crippen LogP contribution >= 0.6 is 0 Å². The zero-order valence-electron chi connectivity index (χ0n) is 18.9. The molecule has 0 aliphatic carbocycles. The van der Waals surface area contributed by atoms with Crippen molar-refractivity contribution in [3.8, 4) is 5.88 Å². The number of pyridine rings is 2. The summed E-state index contributed by atoms with van der Waals surface area (Å²) < 4.78 is 59.5. The highest BCUT2D eigenvalue weighted by Crippen LogP contribution is 2.40. The number of aryl methyl sites for hydroxylation is 1. The van der Waals surface area contributed by atoms with E-state index in [1.54, 1.807) is 30.0 Å². The lowest BCUT2D eigenvalue weighted by Gasteiger charge is -2.38. The van der Waals surface area contributed by atoms with E-state index < -0.39 is 23.5 Å². The van der Waals surface area contributed by atoms with Gasteiger partial charge in [-0.3, -0.25) is 9.69 Å². The van der Waals surface area contributed by atoms with Crippen LogP contribution in [0.5, 0.6) is 5.88 Å². The number of nitrogens with zero attached hydrogens (tertiary/aromatic N) is 4. The van der Waals surface area contributed by atoms with Gasteiger partial charge in [0.15, 0.2) is 0 Å². The van der Waals surface area contributed by atoms with Crippen molar-refractivity contribution in [3.63, 3.8) is 0 Å². The Labute approximate surface area is 193 Å². The minimum Gasteiger partial charge on any atom is -0.481 e. The van der Waals surface area contributed by atoms with Crippen LogP contribution in [0.1, 0.15) is 46.9 Å². The predicted octanol–water partition coefficient (Wildman–Crippen LogP) is 5.83. The van der Waals surface area contributed by atoms with Gasteiger partial charge in [0.25, 0.3) is 5.91 Å². The summed E-state index contributed by atoms with van der Waals surface area (Å²) in [6.07, 6.45) is -3.97. The van der Waals surface area contributed by atoms with Gasteiger partial charge in [-0.15, -0.1) is 0 Å². The van der Waals surface area contributed by atoms with Crippen molar-refractivity contribution in [1.29, 1.82) is 0 Å². The Hall–Kier alpha value is -3.69. The Morgan fingerprint density at radius 3 is 2.38 bits per heavy atom. The van der Waals surface area contributed by atoms with E-state index >= 15 is 0 Å². The molecule has 0 saturated carbocycles. The first-order valence-electron chi connectivity index (χ1n) is 10.5. The second-order valence-corrected chi connectivity index (χ2v) is 8.21. The zero-order valence-corrected chi connectivity index (χ0v) is 18.9. The smallest absolute Gasteiger partial charge is 0.417 e. The van der Waals surface area contributed by atoms with E-state index in [9.17, 15) is 22.4 Å². The number of benzene rings is 1. The average Bonchev–Trinajstić information content (AvgIpc) is 2.79. The van der Waals surface area contributed by atoms with Crippen LogP contribution < -0.4 is 14.5 Å². The highest BCUT2D eigenvalue weighted by Gasteiger charge is 2.38. The molecule has 0 unspecified atom stereocenters. The SMILES string of the molecule is COc1ccc(N2CN(c3ccc(F)cc3C(C)C)c3ncc(C(F)(F)F)cc3C2=O)c(C)n1. The Kier molecular flexibility index (Phi) is 5.93. The van der Waals surface area contributed by atoms with E-state index in [-0.39, 0.29) is 24.0 Å². The van der Waals surface area contributed by atoms with Gasteiger partial charge in [0, 0.05) is 18.0 Å². The third-order valence-electron chi connectivity index (χ3n) is 5.64. The van der Waals surface area contributed by atoms with E-state index in [1.165, 1.54) is 24.1 Å². The molecule has 3 aromatic rings. The Morgan fingerprint density at radius 1 is 1.06 bits per heavy atom. The van der Waals surface area contributed by atoms with Gasteiger partial charge in [-0.1, -0.05) is 13.8 Å². The molecule has 1 amide bonds. The molecule has 0 radical (unpaired) electrons. The minimum atomic E-state index is -4.67. The van der Waals surface area contributed by atoms with Crippen molar-refractivity contribution >= 4 is 23.1 Å². The van der Waals surface area contributed by atoms with Gasteiger partial charge >= 0.3 is 6.18 Å². The van der Waals surface area contributed by atoms with Crippen LogP contribution in [0.15, 0.2) is 42.6 Å². The first-order valence-corrected chi connectivity index (χ1v) is 10.5. The number of anilines is 3. The fourth-order valence-electron chi connectivity index (χ4n) is 3.94. The highest BCUT2D eigenvalue weighted by molar-refractivity contribution is 6.12. The summed E-state index contributed by atoms with van der Waals surface area (Å²) in [5.74, 6) is -0.771. The van der Waals surface area contributed by atoms with Gasteiger partial charge in [0.1, 0.15) is 18.3 Å². The van der Waals surface area contributed by atoms with Crippen LogP contribution in [0.25, 0.3) is 0 Å². The molecule has 0 N–H and O–H groups in total. The van der Waals surface area contributed by atoms with E-state index in [4.69, 9.17) is 4.74 Å². The third kappa shape index (κ3) is 4.15. The molecule has 1 aliphatic rings. The van der Waals surface area contributed by atoms with Gasteiger partial charge in [0.2, 0.25) is 5.88 Å². The van der Waals surface area contributed by atoms with Gasteiger partial charge in [-0.05, 0) is 48.7 Å². The summed E-state index contributed by atoms with van der Waals surface area (Å²) in [5, 5.41) is 0. The van der Waals surface area contributed by atoms with E-state index in [2.05, 4.69) is 9.97 Å². The van der Waals surface area contributed by atoms with Gasteiger partial charge in [0.05, 0.1) is 29.6 Å². The fourth-order valence-corrected chi connectivity index (χ4v) is 3.94. The molecule has 0 bridgehead atoms. The van der Waals surface area contributed by atoms with Crippen molar-refractivity contribution in [2.75, 3.05) is 23.6 Å². The number of hydrogen-bond acceptors (Lipinski definition) is 5. The zero-order chi connectivity index (χ0) is 24.8. The van der Waals surface area contributed by atoms with Crippen LogP contribution in [0.3, 0.4) is 0 Å². The number of carbonyl (C=O) groups excluding carboxylic acids is 1. The molecular formula is C24H22F4N4O2. The summed E-state index contributed by atoms with van der Waals surface area (Å²) in [7, 11) is 1.46. The molecular weight excluding hydrogens is 452 g/mol. The topological polar surface area (TPSA) is 58.6 Å². The van der Waals surface area contributed by atoms with Crippen LogP contribution in [-0.4, -0.2) is 29.7 Å². The summed E-state index contributed by atoms with van der Waals surface area (Å²) in [5.41, 5.74) is 0.795.